The summed E-state index contributed by atoms with van der Waals surface area (Å²) in [4.78, 5) is 20.7. The molecule has 3 aromatic heterocycles. The number of carbonyl (C=O) groups is 1. The van der Waals surface area contributed by atoms with Crippen LogP contribution in [0.3, 0.4) is 0 Å². The number of hydrogen-bond acceptors (Lipinski definition) is 5. The van der Waals surface area contributed by atoms with Crippen LogP contribution in [0.2, 0.25) is 0 Å². The summed E-state index contributed by atoms with van der Waals surface area (Å²) in [5.74, 6) is 0.0954. The number of anilines is 1. The molecule has 0 aliphatic heterocycles. The second-order valence-corrected chi connectivity index (χ2v) is 5.65. The molecule has 3 heterocycles. The minimum absolute atomic E-state index is 0.287. The average molecular weight is 333 g/mol. The van der Waals surface area contributed by atoms with Crippen LogP contribution in [0.15, 0.2) is 47.0 Å². The lowest BCUT2D eigenvalue weighted by Gasteiger charge is -2.02. The van der Waals surface area contributed by atoms with Crippen LogP contribution in [-0.2, 0) is 11.8 Å². The Morgan fingerprint density at radius 1 is 1.32 bits per heavy atom. The van der Waals surface area contributed by atoms with Crippen LogP contribution in [0.5, 0.6) is 0 Å². The lowest BCUT2D eigenvalue weighted by atomic mass is 10.2. The number of rotatable bonds is 3. The molecule has 25 heavy (non-hydrogen) atoms. The highest BCUT2D eigenvalue weighted by Gasteiger charge is 2.08. The second-order valence-electron chi connectivity index (χ2n) is 5.65. The van der Waals surface area contributed by atoms with E-state index in [1.54, 1.807) is 10.9 Å². The molecule has 4 rings (SSSR count). The average Bonchev–Trinajstić information content (AvgIpc) is 3.14. The predicted octanol–water partition coefficient (Wildman–Crippen LogP) is 3.07. The van der Waals surface area contributed by atoms with Crippen molar-refractivity contribution in [2.24, 2.45) is 7.05 Å². The Morgan fingerprint density at radius 3 is 3.00 bits per heavy atom. The van der Waals surface area contributed by atoms with Crippen LogP contribution in [0.25, 0.3) is 28.2 Å². The molecule has 4 aromatic rings. The fourth-order valence-electron chi connectivity index (χ4n) is 2.67. The van der Waals surface area contributed by atoms with Crippen molar-refractivity contribution in [3.63, 3.8) is 0 Å². The van der Waals surface area contributed by atoms with Gasteiger partial charge in [-0.05, 0) is 25.1 Å². The number of oxazole rings is 1. The number of benzene rings is 1. The zero-order valence-electron chi connectivity index (χ0n) is 13.7. The Hall–Kier alpha value is -3.48. The van der Waals surface area contributed by atoms with E-state index in [0.717, 1.165) is 22.2 Å². The van der Waals surface area contributed by atoms with E-state index in [1.165, 1.54) is 12.2 Å². The molecule has 1 amide bonds. The molecule has 0 atom stereocenters. The van der Waals surface area contributed by atoms with Crippen molar-refractivity contribution in [3.8, 4) is 0 Å². The number of aryl methyl sites for hydroxylation is 2. The fourth-order valence-corrected chi connectivity index (χ4v) is 2.67. The first-order valence-electron chi connectivity index (χ1n) is 7.74. The smallest absolute Gasteiger partial charge is 0.248 e. The van der Waals surface area contributed by atoms with E-state index in [2.05, 4.69) is 20.4 Å². The minimum atomic E-state index is -0.287. The van der Waals surface area contributed by atoms with Gasteiger partial charge in [0.05, 0.1) is 17.6 Å². The topological polar surface area (TPSA) is 85.8 Å². The molecule has 0 saturated carbocycles. The van der Waals surface area contributed by atoms with Gasteiger partial charge in [0, 0.05) is 24.6 Å². The molecule has 0 saturated heterocycles. The number of fused-ring (bicyclic) bond motifs is 2. The summed E-state index contributed by atoms with van der Waals surface area (Å²) in [6.07, 6.45) is 4.52. The molecule has 0 unspecified atom stereocenters. The van der Waals surface area contributed by atoms with Gasteiger partial charge in [0.15, 0.2) is 11.2 Å². The highest BCUT2D eigenvalue weighted by atomic mass is 16.3. The first kappa shape index (κ1) is 15.1. The van der Waals surface area contributed by atoms with Crippen LogP contribution < -0.4 is 5.32 Å². The van der Waals surface area contributed by atoms with E-state index < -0.39 is 0 Å². The van der Waals surface area contributed by atoms with Crippen LogP contribution >= 0.6 is 0 Å². The number of amides is 1. The zero-order chi connectivity index (χ0) is 17.4. The minimum Gasteiger partial charge on any atom is -0.437 e. The first-order valence-corrected chi connectivity index (χ1v) is 7.74. The van der Waals surface area contributed by atoms with E-state index in [0.29, 0.717) is 17.2 Å². The quantitative estimate of drug-likeness (QED) is 0.582. The van der Waals surface area contributed by atoms with Crippen molar-refractivity contribution in [3.05, 3.63) is 54.2 Å². The van der Waals surface area contributed by atoms with Gasteiger partial charge in [-0.25, -0.2) is 9.97 Å². The number of nitrogens with zero attached hydrogens (tertiary/aromatic N) is 4. The molecule has 1 N–H and O–H groups in total. The second kappa shape index (κ2) is 5.86. The largest absolute Gasteiger partial charge is 0.437 e. The molecule has 7 nitrogen and oxygen atoms in total. The maximum atomic E-state index is 12.1. The Balaban J connectivity index is 1.52. The molecular formula is C18H15N5O2. The Morgan fingerprint density at radius 2 is 2.16 bits per heavy atom. The van der Waals surface area contributed by atoms with Crippen LogP contribution in [0.4, 0.5) is 5.69 Å². The van der Waals surface area contributed by atoms with E-state index in [1.807, 2.05) is 44.3 Å². The highest BCUT2D eigenvalue weighted by Crippen LogP contribution is 2.19. The van der Waals surface area contributed by atoms with Crippen molar-refractivity contribution in [2.75, 3.05) is 5.32 Å². The van der Waals surface area contributed by atoms with Gasteiger partial charge in [-0.2, -0.15) is 5.10 Å². The van der Waals surface area contributed by atoms with E-state index in [-0.39, 0.29) is 5.91 Å². The lowest BCUT2D eigenvalue weighted by molar-refractivity contribution is -0.111. The summed E-state index contributed by atoms with van der Waals surface area (Å²) in [6, 6.07) is 9.30. The molecule has 0 spiro atoms. The predicted molar refractivity (Wildman–Crippen MR) is 94.9 cm³/mol. The van der Waals surface area contributed by atoms with Gasteiger partial charge >= 0.3 is 0 Å². The molecular weight excluding hydrogens is 318 g/mol. The molecule has 0 aliphatic carbocycles. The molecule has 0 aliphatic rings. The van der Waals surface area contributed by atoms with Crippen molar-refractivity contribution in [1.29, 1.82) is 0 Å². The van der Waals surface area contributed by atoms with E-state index in [9.17, 15) is 4.79 Å². The maximum Gasteiger partial charge on any atom is 0.248 e. The fraction of sp³-hybridized carbons (Fsp3) is 0.111. The molecule has 0 fully saturated rings. The van der Waals surface area contributed by atoms with Crippen LogP contribution in [-0.4, -0.2) is 25.7 Å². The highest BCUT2D eigenvalue weighted by molar-refractivity contribution is 6.02. The van der Waals surface area contributed by atoms with E-state index in [4.69, 9.17) is 4.42 Å². The number of nitrogens with one attached hydrogen (secondary N) is 1. The van der Waals surface area contributed by atoms with Gasteiger partial charge < -0.3 is 9.73 Å². The van der Waals surface area contributed by atoms with Gasteiger partial charge in [-0.1, -0.05) is 12.1 Å². The third-order valence-electron chi connectivity index (χ3n) is 3.82. The van der Waals surface area contributed by atoms with Crippen molar-refractivity contribution >= 4 is 39.8 Å². The van der Waals surface area contributed by atoms with Crippen molar-refractivity contribution in [2.45, 2.75) is 6.92 Å². The molecule has 7 heteroatoms. The number of aromatic nitrogens is 4. The summed E-state index contributed by atoms with van der Waals surface area (Å²) < 4.78 is 7.26. The monoisotopic (exact) mass is 333 g/mol. The summed E-state index contributed by atoms with van der Waals surface area (Å²) in [7, 11) is 1.84. The Kier molecular flexibility index (Phi) is 3.53. The van der Waals surface area contributed by atoms with E-state index >= 15 is 0 Å². The summed E-state index contributed by atoms with van der Waals surface area (Å²) in [5, 5.41) is 8.00. The molecule has 124 valence electrons. The summed E-state index contributed by atoms with van der Waals surface area (Å²) in [5.41, 5.74) is 3.69. The lowest BCUT2D eigenvalue weighted by Crippen LogP contribution is -2.08. The number of pyridine rings is 1. The molecule has 0 radical (unpaired) electrons. The number of carbonyl (C=O) groups excluding carboxylic acids is 1. The maximum absolute atomic E-state index is 12.1. The normalized spacial score (nSPS) is 11.6. The third kappa shape index (κ3) is 2.87. The van der Waals surface area contributed by atoms with Crippen LogP contribution in [0, 0.1) is 6.92 Å². The molecule has 1 aromatic carbocycles. The number of para-hydroxylation sites is 2. The zero-order valence-corrected chi connectivity index (χ0v) is 13.7. The van der Waals surface area contributed by atoms with Crippen LogP contribution in [0.1, 0.15) is 11.6 Å². The first-order chi connectivity index (χ1) is 12.1. The third-order valence-corrected chi connectivity index (χ3v) is 3.82. The number of hydrogen-bond donors (Lipinski definition) is 1. The van der Waals surface area contributed by atoms with Gasteiger partial charge in [-0.3, -0.25) is 9.48 Å². The van der Waals surface area contributed by atoms with Gasteiger partial charge in [0.1, 0.15) is 5.52 Å². The van der Waals surface area contributed by atoms with Gasteiger partial charge in [0.25, 0.3) is 0 Å². The van der Waals surface area contributed by atoms with Crippen molar-refractivity contribution < 1.29 is 9.21 Å². The van der Waals surface area contributed by atoms with Gasteiger partial charge in [-0.15, -0.1) is 0 Å². The standard InChI is InChI=1S/C18H15N5O2/c1-11-13-9-12(10-19-18(13)23(2)22-11)20-16(24)7-8-17-21-14-5-3-4-6-15(14)25-17/h3-10H,1-2H3,(H,20,24)/b8-7+. The summed E-state index contributed by atoms with van der Waals surface area (Å²) >= 11 is 0. The molecule has 0 bridgehead atoms. The Labute approximate surface area is 143 Å². The SMILES string of the molecule is Cc1nn(C)c2ncc(NC(=O)/C=C/c3nc4ccccc4o3)cc12. The van der Waals surface area contributed by atoms with Crippen molar-refractivity contribution in [1.82, 2.24) is 19.7 Å². The van der Waals surface area contributed by atoms with Gasteiger partial charge in [0.2, 0.25) is 11.8 Å². The Bertz CT molecular complexity index is 1090. The summed E-state index contributed by atoms with van der Waals surface area (Å²) in [6.45, 7) is 1.91.